The van der Waals surface area contributed by atoms with E-state index in [9.17, 15) is 0 Å². The number of hydrogen-bond donors (Lipinski definition) is 1. The molecule has 1 rings (SSSR count). The van der Waals surface area contributed by atoms with Crippen molar-refractivity contribution in [3.05, 3.63) is 40.4 Å². The smallest absolute Gasteiger partial charge is 0.136 e. The third kappa shape index (κ3) is 8.74. The number of aryl methyl sites for hydroxylation is 1. The highest BCUT2D eigenvalue weighted by atomic mass is 79.9. The largest absolute Gasteiger partial charge is 0.393 e. The molecule has 1 aromatic heterocycles. The van der Waals surface area contributed by atoms with E-state index in [1.54, 1.807) is 6.08 Å². The van der Waals surface area contributed by atoms with Gasteiger partial charge in [0.05, 0.1) is 10.3 Å². The molecule has 0 aliphatic rings. The molecule has 0 fully saturated rings. The van der Waals surface area contributed by atoms with Crippen LogP contribution in [0, 0.1) is 0 Å². The van der Waals surface area contributed by atoms with E-state index >= 15 is 0 Å². The van der Waals surface area contributed by atoms with Gasteiger partial charge in [-0.1, -0.05) is 44.5 Å². The molecule has 0 aliphatic heterocycles. The molecule has 0 saturated carbocycles. The lowest BCUT2D eigenvalue weighted by molar-refractivity contribution is 0.382. The van der Waals surface area contributed by atoms with Gasteiger partial charge in [0.1, 0.15) is 5.76 Å². The molecule has 1 heterocycles. The van der Waals surface area contributed by atoms with Crippen molar-refractivity contribution in [1.82, 2.24) is 5.16 Å². The van der Waals surface area contributed by atoms with Crippen molar-refractivity contribution >= 4 is 15.9 Å². The average molecular weight is 301 g/mol. The molecular formula is C13H21BrN2O. The standard InChI is InChI=1S/C10H13BrN2O.C3H8/c1-2-9-7-8(13-14-9)5-3-4-6-10(11)12;1-3-2/h3-4,6-7H,2,5,12H2,1H3;3H2,1-2H3/b4-3-,10-6-;. The molecule has 0 aliphatic carbocycles. The number of allylic oxidation sites excluding steroid dienone is 3. The number of halogens is 1. The van der Waals surface area contributed by atoms with E-state index in [1.165, 1.54) is 6.42 Å². The zero-order valence-corrected chi connectivity index (χ0v) is 12.3. The van der Waals surface area contributed by atoms with Gasteiger partial charge < -0.3 is 10.3 Å². The van der Waals surface area contributed by atoms with Crippen molar-refractivity contribution in [2.45, 2.75) is 40.0 Å². The Morgan fingerprint density at radius 2 is 2.12 bits per heavy atom. The van der Waals surface area contributed by atoms with Crippen LogP contribution < -0.4 is 5.73 Å². The zero-order chi connectivity index (χ0) is 13.1. The molecule has 4 heteroatoms. The summed E-state index contributed by atoms with van der Waals surface area (Å²) in [4.78, 5) is 0. The second-order valence-electron chi connectivity index (χ2n) is 3.53. The van der Waals surface area contributed by atoms with Gasteiger partial charge >= 0.3 is 0 Å². The Kier molecular flexibility index (Phi) is 9.53. The number of rotatable bonds is 4. The van der Waals surface area contributed by atoms with Crippen molar-refractivity contribution in [3.63, 3.8) is 0 Å². The molecule has 0 unspecified atom stereocenters. The summed E-state index contributed by atoms with van der Waals surface area (Å²) in [6.45, 7) is 6.29. The molecule has 1 aromatic rings. The van der Waals surface area contributed by atoms with Crippen LogP contribution in [0.2, 0.25) is 0 Å². The summed E-state index contributed by atoms with van der Waals surface area (Å²) in [5.74, 6) is 0.920. The highest BCUT2D eigenvalue weighted by molar-refractivity contribution is 9.11. The van der Waals surface area contributed by atoms with Gasteiger partial charge in [0.2, 0.25) is 0 Å². The monoisotopic (exact) mass is 300 g/mol. The molecule has 0 amide bonds. The minimum absolute atomic E-state index is 0.614. The van der Waals surface area contributed by atoms with Crippen molar-refractivity contribution in [3.8, 4) is 0 Å². The lowest BCUT2D eigenvalue weighted by Gasteiger charge is -1.84. The third-order valence-electron chi connectivity index (χ3n) is 1.67. The Hall–Kier alpha value is -1.03. The van der Waals surface area contributed by atoms with Gasteiger partial charge in [0, 0.05) is 18.9 Å². The predicted molar refractivity (Wildman–Crippen MR) is 75.9 cm³/mol. The second kappa shape index (κ2) is 10.1. The molecule has 0 radical (unpaired) electrons. The van der Waals surface area contributed by atoms with Crippen molar-refractivity contribution in [1.29, 1.82) is 0 Å². The van der Waals surface area contributed by atoms with E-state index < -0.39 is 0 Å². The van der Waals surface area contributed by atoms with Gasteiger partial charge in [0.25, 0.3) is 0 Å². The lowest BCUT2D eigenvalue weighted by Crippen LogP contribution is -1.84. The van der Waals surface area contributed by atoms with E-state index in [1.807, 2.05) is 25.1 Å². The average Bonchev–Trinajstić information content (AvgIpc) is 2.73. The Labute approximate surface area is 112 Å². The van der Waals surface area contributed by atoms with Crippen LogP contribution in [0.1, 0.15) is 38.6 Å². The van der Waals surface area contributed by atoms with E-state index in [0.29, 0.717) is 4.61 Å². The fraction of sp³-hybridized carbons (Fsp3) is 0.462. The maximum absolute atomic E-state index is 5.39. The zero-order valence-electron chi connectivity index (χ0n) is 10.7. The predicted octanol–water partition coefficient (Wildman–Crippen LogP) is 3.95. The Morgan fingerprint density at radius 3 is 2.59 bits per heavy atom. The van der Waals surface area contributed by atoms with E-state index in [4.69, 9.17) is 10.3 Å². The normalized spacial score (nSPS) is 11.4. The first-order chi connectivity index (χ1) is 8.13. The SMILES string of the molecule is CCC.CCc1cc(C/C=C\C=C(/N)Br)no1. The van der Waals surface area contributed by atoms with Gasteiger partial charge in [-0.25, -0.2) is 0 Å². The fourth-order valence-electron chi connectivity index (χ4n) is 0.967. The third-order valence-corrected chi connectivity index (χ3v) is 1.94. The molecule has 0 bridgehead atoms. The van der Waals surface area contributed by atoms with Crippen LogP contribution in [0.15, 0.2) is 33.4 Å². The summed E-state index contributed by atoms with van der Waals surface area (Å²) >= 11 is 3.13. The minimum Gasteiger partial charge on any atom is -0.393 e. The molecule has 0 spiro atoms. The molecular weight excluding hydrogens is 280 g/mol. The van der Waals surface area contributed by atoms with Crippen LogP contribution in [0.25, 0.3) is 0 Å². The summed E-state index contributed by atoms with van der Waals surface area (Å²) in [6, 6.07) is 1.96. The second-order valence-corrected chi connectivity index (χ2v) is 4.44. The van der Waals surface area contributed by atoms with Gasteiger partial charge in [-0.2, -0.15) is 0 Å². The topological polar surface area (TPSA) is 52.0 Å². The van der Waals surface area contributed by atoms with Crippen LogP contribution in [0.3, 0.4) is 0 Å². The maximum atomic E-state index is 5.39. The van der Waals surface area contributed by atoms with Gasteiger partial charge in [-0.15, -0.1) is 0 Å². The Morgan fingerprint density at radius 1 is 1.47 bits per heavy atom. The number of aromatic nitrogens is 1. The molecule has 2 N–H and O–H groups in total. The first-order valence-electron chi connectivity index (χ1n) is 5.86. The van der Waals surface area contributed by atoms with E-state index in [-0.39, 0.29) is 0 Å². The minimum atomic E-state index is 0.614. The highest BCUT2D eigenvalue weighted by Gasteiger charge is 1.98. The first-order valence-corrected chi connectivity index (χ1v) is 6.65. The van der Waals surface area contributed by atoms with Crippen LogP contribution in [-0.4, -0.2) is 5.16 Å². The van der Waals surface area contributed by atoms with Crippen LogP contribution in [-0.2, 0) is 12.8 Å². The van der Waals surface area contributed by atoms with Crippen molar-refractivity contribution in [2.75, 3.05) is 0 Å². The number of nitrogens with zero attached hydrogens (tertiary/aromatic N) is 1. The summed E-state index contributed by atoms with van der Waals surface area (Å²) in [7, 11) is 0. The van der Waals surface area contributed by atoms with Crippen molar-refractivity contribution < 1.29 is 4.52 Å². The molecule has 96 valence electrons. The van der Waals surface area contributed by atoms with Gasteiger partial charge in [-0.05, 0) is 22.0 Å². The van der Waals surface area contributed by atoms with Crippen LogP contribution in [0.5, 0.6) is 0 Å². The summed E-state index contributed by atoms with van der Waals surface area (Å²) < 4.78 is 5.67. The first kappa shape index (κ1) is 16.0. The number of nitrogens with two attached hydrogens (primary N) is 1. The van der Waals surface area contributed by atoms with Gasteiger partial charge in [-0.3, -0.25) is 0 Å². The van der Waals surface area contributed by atoms with Crippen LogP contribution in [0.4, 0.5) is 0 Å². The van der Waals surface area contributed by atoms with Crippen molar-refractivity contribution in [2.24, 2.45) is 5.73 Å². The van der Waals surface area contributed by atoms with Gasteiger partial charge in [0.15, 0.2) is 0 Å². The number of hydrogen-bond acceptors (Lipinski definition) is 3. The summed E-state index contributed by atoms with van der Waals surface area (Å²) in [5, 5.41) is 3.91. The Bertz CT molecular complexity index is 352. The lowest BCUT2D eigenvalue weighted by atomic mass is 10.2. The summed E-state index contributed by atoms with van der Waals surface area (Å²) in [5.41, 5.74) is 6.33. The van der Waals surface area contributed by atoms with E-state index in [2.05, 4.69) is 34.9 Å². The maximum Gasteiger partial charge on any atom is 0.136 e. The quantitative estimate of drug-likeness (QED) is 0.677. The van der Waals surface area contributed by atoms with E-state index in [0.717, 1.165) is 24.3 Å². The molecule has 0 aromatic carbocycles. The molecule has 17 heavy (non-hydrogen) atoms. The molecule has 0 atom stereocenters. The highest BCUT2D eigenvalue weighted by Crippen LogP contribution is 2.05. The molecule has 3 nitrogen and oxygen atoms in total. The Balaban J connectivity index is 0.000000770. The molecule has 0 saturated heterocycles. The van der Waals surface area contributed by atoms with Crippen LogP contribution >= 0.6 is 15.9 Å². The summed E-state index contributed by atoms with van der Waals surface area (Å²) in [6.07, 6.45) is 8.53. The fourth-order valence-corrected chi connectivity index (χ4v) is 1.12.